The zero-order chi connectivity index (χ0) is 17.1. The Morgan fingerprint density at radius 2 is 1.87 bits per heavy atom. The van der Waals surface area contributed by atoms with Crippen LogP contribution in [0.3, 0.4) is 0 Å². The standard InChI is InChI=1S/C17H23NO5/c1-16(2,22)11-23-13-6-4-12(5-7-13)18-14(19)10-17(15(20)21)8-3-9-17/h4-7,22H,3,8-11H2,1-2H3,(H,18,19)(H,20,21). The second-order valence-electron chi connectivity index (χ2n) is 6.79. The monoisotopic (exact) mass is 321 g/mol. The molecule has 3 N–H and O–H groups in total. The Bertz CT molecular complexity index is 570. The Kier molecular flexibility index (Phi) is 4.94. The summed E-state index contributed by atoms with van der Waals surface area (Å²) in [4.78, 5) is 23.3. The van der Waals surface area contributed by atoms with Crippen molar-refractivity contribution in [3.8, 4) is 5.75 Å². The summed E-state index contributed by atoms with van der Waals surface area (Å²) in [6, 6.07) is 6.76. The van der Waals surface area contributed by atoms with Crippen LogP contribution >= 0.6 is 0 Å². The third-order valence-corrected chi connectivity index (χ3v) is 3.99. The summed E-state index contributed by atoms with van der Waals surface area (Å²) in [6.07, 6.45) is 1.96. The smallest absolute Gasteiger partial charge is 0.310 e. The maximum absolute atomic E-state index is 12.0. The van der Waals surface area contributed by atoms with Crippen LogP contribution in [0.2, 0.25) is 0 Å². The minimum absolute atomic E-state index is 0.000708. The molecule has 0 heterocycles. The number of amides is 1. The van der Waals surface area contributed by atoms with Gasteiger partial charge in [-0.1, -0.05) is 6.42 Å². The summed E-state index contributed by atoms with van der Waals surface area (Å²) >= 11 is 0. The van der Waals surface area contributed by atoms with E-state index in [9.17, 15) is 19.8 Å². The van der Waals surface area contributed by atoms with Crippen molar-refractivity contribution in [1.29, 1.82) is 0 Å². The van der Waals surface area contributed by atoms with Gasteiger partial charge in [0.2, 0.25) is 5.91 Å². The minimum atomic E-state index is -0.916. The summed E-state index contributed by atoms with van der Waals surface area (Å²) in [5, 5.41) is 21.6. The predicted molar refractivity (Wildman–Crippen MR) is 85.4 cm³/mol. The number of nitrogens with one attached hydrogen (secondary N) is 1. The minimum Gasteiger partial charge on any atom is -0.491 e. The SMILES string of the molecule is CC(C)(O)COc1ccc(NC(=O)CC2(C(=O)O)CCC2)cc1. The van der Waals surface area contributed by atoms with Crippen LogP contribution in [-0.2, 0) is 9.59 Å². The molecule has 0 bridgehead atoms. The lowest BCUT2D eigenvalue weighted by Crippen LogP contribution is -2.41. The van der Waals surface area contributed by atoms with E-state index in [-0.39, 0.29) is 18.9 Å². The molecule has 1 aromatic carbocycles. The highest BCUT2D eigenvalue weighted by Gasteiger charge is 2.45. The number of anilines is 1. The first kappa shape index (κ1) is 17.3. The molecule has 1 aliphatic rings. The van der Waals surface area contributed by atoms with Gasteiger partial charge in [-0.3, -0.25) is 9.59 Å². The molecule has 1 amide bonds. The number of hydrogen-bond acceptors (Lipinski definition) is 4. The van der Waals surface area contributed by atoms with Crippen molar-refractivity contribution in [2.24, 2.45) is 5.41 Å². The number of carbonyl (C=O) groups is 2. The molecule has 2 rings (SSSR count). The average molecular weight is 321 g/mol. The highest BCUT2D eigenvalue weighted by atomic mass is 16.5. The van der Waals surface area contributed by atoms with Crippen LogP contribution in [0, 0.1) is 5.41 Å². The van der Waals surface area contributed by atoms with E-state index >= 15 is 0 Å². The largest absolute Gasteiger partial charge is 0.491 e. The molecule has 0 aliphatic heterocycles. The number of carboxylic acid groups (broad SMARTS) is 1. The second-order valence-corrected chi connectivity index (χ2v) is 6.79. The van der Waals surface area contributed by atoms with Crippen LogP contribution in [0.5, 0.6) is 5.75 Å². The number of ether oxygens (including phenoxy) is 1. The van der Waals surface area contributed by atoms with E-state index < -0.39 is 17.0 Å². The maximum atomic E-state index is 12.0. The lowest BCUT2D eigenvalue weighted by atomic mass is 9.66. The number of carboxylic acids is 1. The number of rotatable bonds is 7. The molecule has 0 spiro atoms. The van der Waals surface area contributed by atoms with E-state index in [4.69, 9.17) is 4.74 Å². The van der Waals surface area contributed by atoms with Crippen molar-refractivity contribution in [1.82, 2.24) is 0 Å². The van der Waals surface area contributed by atoms with Gasteiger partial charge in [-0.05, 0) is 51.0 Å². The van der Waals surface area contributed by atoms with Crippen LogP contribution in [0.25, 0.3) is 0 Å². The molecule has 6 heteroatoms. The van der Waals surface area contributed by atoms with Crippen LogP contribution in [-0.4, -0.2) is 34.3 Å². The average Bonchev–Trinajstić information content (AvgIpc) is 2.41. The van der Waals surface area contributed by atoms with E-state index in [2.05, 4.69) is 5.32 Å². The second kappa shape index (κ2) is 6.58. The van der Waals surface area contributed by atoms with Crippen molar-refractivity contribution < 1.29 is 24.5 Å². The van der Waals surface area contributed by atoms with E-state index in [0.29, 0.717) is 24.3 Å². The van der Waals surface area contributed by atoms with Gasteiger partial charge in [-0.25, -0.2) is 0 Å². The summed E-state index contributed by atoms with van der Waals surface area (Å²) in [5.74, 6) is -0.599. The molecule has 126 valence electrons. The number of aliphatic hydroxyl groups is 1. The summed E-state index contributed by atoms with van der Waals surface area (Å²) in [5.41, 5.74) is -1.22. The van der Waals surface area contributed by atoms with Gasteiger partial charge in [-0.2, -0.15) is 0 Å². The van der Waals surface area contributed by atoms with E-state index in [1.807, 2.05) is 0 Å². The molecule has 23 heavy (non-hydrogen) atoms. The molecule has 0 aromatic heterocycles. The Morgan fingerprint density at radius 1 is 1.26 bits per heavy atom. The van der Waals surface area contributed by atoms with Crippen LogP contribution in [0.15, 0.2) is 24.3 Å². The molecule has 6 nitrogen and oxygen atoms in total. The fraction of sp³-hybridized carbons (Fsp3) is 0.529. The van der Waals surface area contributed by atoms with Gasteiger partial charge >= 0.3 is 5.97 Å². The maximum Gasteiger partial charge on any atom is 0.310 e. The molecule has 1 fully saturated rings. The van der Waals surface area contributed by atoms with Gasteiger partial charge in [-0.15, -0.1) is 0 Å². The van der Waals surface area contributed by atoms with Gasteiger partial charge < -0.3 is 20.3 Å². The van der Waals surface area contributed by atoms with Crippen molar-refractivity contribution in [2.75, 3.05) is 11.9 Å². The van der Waals surface area contributed by atoms with Gasteiger partial charge in [0.15, 0.2) is 0 Å². The van der Waals surface area contributed by atoms with E-state index in [0.717, 1.165) is 6.42 Å². The van der Waals surface area contributed by atoms with Crippen molar-refractivity contribution in [3.05, 3.63) is 24.3 Å². The number of carbonyl (C=O) groups excluding carboxylic acids is 1. The first-order valence-electron chi connectivity index (χ1n) is 7.69. The fourth-order valence-corrected chi connectivity index (χ4v) is 2.48. The molecule has 0 radical (unpaired) electrons. The van der Waals surface area contributed by atoms with Crippen molar-refractivity contribution in [3.63, 3.8) is 0 Å². The lowest BCUT2D eigenvalue weighted by molar-refractivity contribution is -0.157. The molecule has 1 saturated carbocycles. The predicted octanol–water partition coefficient (Wildman–Crippen LogP) is 2.42. The van der Waals surface area contributed by atoms with Gasteiger partial charge in [0.25, 0.3) is 0 Å². The molecular formula is C17H23NO5. The summed E-state index contributed by atoms with van der Waals surface area (Å²) < 4.78 is 5.43. The van der Waals surface area contributed by atoms with Crippen LogP contribution < -0.4 is 10.1 Å². The molecule has 0 saturated heterocycles. The topological polar surface area (TPSA) is 95.9 Å². The first-order chi connectivity index (χ1) is 10.7. The normalized spacial score (nSPS) is 16.3. The number of hydrogen-bond donors (Lipinski definition) is 3. The third-order valence-electron chi connectivity index (χ3n) is 3.99. The lowest BCUT2D eigenvalue weighted by Gasteiger charge is -2.36. The molecule has 1 aromatic rings. The van der Waals surface area contributed by atoms with Crippen LogP contribution in [0.1, 0.15) is 39.5 Å². The molecule has 1 aliphatic carbocycles. The van der Waals surface area contributed by atoms with Crippen molar-refractivity contribution in [2.45, 2.75) is 45.1 Å². The Hall–Kier alpha value is -2.08. The number of benzene rings is 1. The Balaban J connectivity index is 1.88. The Morgan fingerprint density at radius 3 is 2.30 bits per heavy atom. The van der Waals surface area contributed by atoms with E-state index in [1.165, 1.54) is 0 Å². The van der Waals surface area contributed by atoms with Gasteiger partial charge in [0, 0.05) is 12.1 Å². The zero-order valence-corrected chi connectivity index (χ0v) is 13.5. The summed E-state index contributed by atoms with van der Waals surface area (Å²) in [7, 11) is 0. The van der Waals surface area contributed by atoms with Gasteiger partial charge in [0.05, 0.1) is 11.0 Å². The fourth-order valence-electron chi connectivity index (χ4n) is 2.48. The van der Waals surface area contributed by atoms with E-state index in [1.54, 1.807) is 38.1 Å². The van der Waals surface area contributed by atoms with Crippen molar-refractivity contribution >= 4 is 17.6 Å². The van der Waals surface area contributed by atoms with Crippen LogP contribution in [0.4, 0.5) is 5.69 Å². The Labute approximate surface area is 135 Å². The third kappa shape index (κ3) is 4.69. The number of aliphatic carboxylic acids is 1. The highest BCUT2D eigenvalue weighted by molar-refractivity contribution is 5.94. The highest BCUT2D eigenvalue weighted by Crippen LogP contribution is 2.44. The molecule has 0 atom stereocenters. The zero-order valence-electron chi connectivity index (χ0n) is 13.5. The molecular weight excluding hydrogens is 298 g/mol. The quantitative estimate of drug-likeness (QED) is 0.717. The van der Waals surface area contributed by atoms with Gasteiger partial charge in [0.1, 0.15) is 12.4 Å². The summed E-state index contributed by atoms with van der Waals surface area (Å²) in [6.45, 7) is 3.47. The first-order valence-corrected chi connectivity index (χ1v) is 7.69. The molecule has 0 unspecified atom stereocenters.